The molecule has 2 atom stereocenters. The van der Waals surface area contributed by atoms with Gasteiger partial charge in [0.25, 0.3) is 0 Å². The summed E-state index contributed by atoms with van der Waals surface area (Å²) >= 11 is 0. The van der Waals surface area contributed by atoms with E-state index in [0.29, 0.717) is 6.42 Å². The minimum absolute atomic E-state index is 0.0526. The van der Waals surface area contributed by atoms with Crippen LogP contribution in [0.4, 0.5) is 0 Å². The van der Waals surface area contributed by atoms with E-state index in [2.05, 4.69) is 18.3 Å². The van der Waals surface area contributed by atoms with Crippen LogP contribution in [-0.4, -0.2) is 11.9 Å². The first-order valence-corrected chi connectivity index (χ1v) is 6.11. The average Bonchev–Trinajstić information content (AvgIpc) is 2.26. The molecule has 17 heavy (non-hydrogen) atoms. The van der Waals surface area contributed by atoms with Gasteiger partial charge in [-0.25, -0.2) is 0 Å². The predicted molar refractivity (Wildman–Crippen MR) is 70.6 cm³/mol. The lowest BCUT2D eigenvalue weighted by Crippen LogP contribution is -2.28. The van der Waals surface area contributed by atoms with Gasteiger partial charge in [-0.05, 0) is 38.3 Å². The first kappa shape index (κ1) is 13.7. The monoisotopic (exact) mass is 234 g/mol. The first-order valence-electron chi connectivity index (χ1n) is 6.11. The molecule has 1 amide bonds. The third-order valence-corrected chi connectivity index (χ3v) is 2.86. The lowest BCUT2D eigenvalue weighted by molar-refractivity contribution is -0.121. The highest BCUT2D eigenvalue weighted by atomic mass is 16.1. The van der Waals surface area contributed by atoms with Crippen molar-refractivity contribution < 1.29 is 4.79 Å². The van der Waals surface area contributed by atoms with E-state index in [0.717, 1.165) is 6.42 Å². The molecule has 1 aromatic carbocycles. The number of amides is 1. The highest BCUT2D eigenvalue weighted by Crippen LogP contribution is 2.16. The molecule has 0 aliphatic rings. The lowest BCUT2D eigenvalue weighted by Gasteiger charge is -2.16. The molecule has 1 aromatic rings. The van der Waals surface area contributed by atoms with Crippen LogP contribution in [0, 0.1) is 6.92 Å². The van der Waals surface area contributed by atoms with E-state index < -0.39 is 0 Å². The quantitative estimate of drug-likeness (QED) is 0.821. The van der Waals surface area contributed by atoms with E-state index in [-0.39, 0.29) is 18.0 Å². The van der Waals surface area contributed by atoms with Crippen LogP contribution in [0.15, 0.2) is 24.3 Å². The Morgan fingerprint density at radius 1 is 1.35 bits per heavy atom. The van der Waals surface area contributed by atoms with Crippen molar-refractivity contribution >= 4 is 5.91 Å². The molecule has 1 rings (SSSR count). The zero-order valence-corrected chi connectivity index (χ0v) is 10.9. The second-order valence-corrected chi connectivity index (χ2v) is 4.66. The Hall–Kier alpha value is -1.35. The molecule has 94 valence electrons. The summed E-state index contributed by atoms with van der Waals surface area (Å²) in [6, 6.07) is 8.23. The molecule has 0 saturated heterocycles. The minimum atomic E-state index is 0.0526. The van der Waals surface area contributed by atoms with Gasteiger partial charge in [0.1, 0.15) is 0 Å². The summed E-state index contributed by atoms with van der Waals surface area (Å²) in [4.78, 5) is 11.7. The van der Waals surface area contributed by atoms with Gasteiger partial charge < -0.3 is 11.1 Å². The fourth-order valence-electron chi connectivity index (χ4n) is 1.82. The second kappa shape index (κ2) is 6.40. The largest absolute Gasteiger partial charge is 0.350 e. The van der Waals surface area contributed by atoms with Gasteiger partial charge in [0.15, 0.2) is 0 Å². The van der Waals surface area contributed by atoms with Crippen LogP contribution >= 0.6 is 0 Å². The second-order valence-electron chi connectivity index (χ2n) is 4.66. The van der Waals surface area contributed by atoms with Crippen molar-refractivity contribution in [1.82, 2.24) is 5.32 Å². The Kier molecular flexibility index (Phi) is 5.16. The van der Waals surface area contributed by atoms with Crippen molar-refractivity contribution in [1.29, 1.82) is 0 Å². The van der Waals surface area contributed by atoms with E-state index in [9.17, 15) is 4.79 Å². The highest BCUT2D eigenvalue weighted by molar-refractivity contribution is 5.76. The average molecular weight is 234 g/mol. The Bertz CT molecular complexity index is 374. The summed E-state index contributed by atoms with van der Waals surface area (Å²) < 4.78 is 0. The van der Waals surface area contributed by atoms with Gasteiger partial charge in [0.2, 0.25) is 5.91 Å². The molecule has 0 aromatic heterocycles. The maximum Gasteiger partial charge on any atom is 0.220 e. The standard InChI is InChI=1S/C14H22N2O/c1-10-6-4-5-7-13(10)12(3)16-14(17)9-8-11(2)15/h4-7,11-12H,8-9,15H2,1-3H3,(H,16,17). The highest BCUT2D eigenvalue weighted by Gasteiger charge is 2.11. The fraction of sp³-hybridized carbons (Fsp3) is 0.500. The number of nitrogens with two attached hydrogens (primary N) is 1. The number of benzene rings is 1. The predicted octanol–water partition coefficient (Wildman–Crippen LogP) is 2.30. The van der Waals surface area contributed by atoms with E-state index in [1.807, 2.05) is 32.0 Å². The van der Waals surface area contributed by atoms with Crippen molar-refractivity contribution in [2.75, 3.05) is 0 Å². The SMILES string of the molecule is Cc1ccccc1C(C)NC(=O)CCC(C)N. The maximum absolute atomic E-state index is 11.7. The number of nitrogens with one attached hydrogen (secondary N) is 1. The third-order valence-electron chi connectivity index (χ3n) is 2.86. The van der Waals surface area contributed by atoms with Gasteiger partial charge >= 0.3 is 0 Å². The van der Waals surface area contributed by atoms with Crippen molar-refractivity contribution in [2.45, 2.75) is 45.7 Å². The van der Waals surface area contributed by atoms with Crippen molar-refractivity contribution in [3.8, 4) is 0 Å². The smallest absolute Gasteiger partial charge is 0.220 e. The molecule has 0 aliphatic carbocycles. The van der Waals surface area contributed by atoms with Gasteiger partial charge in [-0.3, -0.25) is 4.79 Å². The van der Waals surface area contributed by atoms with Crippen LogP contribution in [0.25, 0.3) is 0 Å². The zero-order valence-electron chi connectivity index (χ0n) is 10.9. The van der Waals surface area contributed by atoms with Gasteiger partial charge in [0, 0.05) is 12.5 Å². The summed E-state index contributed by atoms with van der Waals surface area (Å²) in [5.74, 6) is 0.0676. The van der Waals surface area contributed by atoms with Gasteiger partial charge in [-0.15, -0.1) is 0 Å². The molecule has 3 N–H and O–H groups in total. The molecule has 0 bridgehead atoms. The number of rotatable bonds is 5. The summed E-state index contributed by atoms with van der Waals surface area (Å²) in [6.07, 6.45) is 1.22. The van der Waals surface area contributed by atoms with E-state index in [4.69, 9.17) is 5.73 Å². The molecular weight excluding hydrogens is 212 g/mol. The van der Waals surface area contributed by atoms with Crippen molar-refractivity contribution in [3.63, 3.8) is 0 Å². The molecule has 3 nitrogen and oxygen atoms in total. The summed E-state index contributed by atoms with van der Waals surface area (Å²) in [5.41, 5.74) is 8.00. The number of carbonyl (C=O) groups excluding carboxylic acids is 1. The van der Waals surface area contributed by atoms with Crippen LogP contribution in [0.1, 0.15) is 43.9 Å². The fourth-order valence-corrected chi connectivity index (χ4v) is 1.82. The Balaban J connectivity index is 2.52. The minimum Gasteiger partial charge on any atom is -0.350 e. The summed E-state index contributed by atoms with van der Waals surface area (Å²) in [5, 5.41) is 3.00. The van der Waals surface area contributed by atoms with E-state index in [1.165, 1.54) is 11.1 Å². The van der Waals surface area contributed by atoms with Crippen LogP contribution in [0.5, 0.6) is 0 Å². The summed E-state index contributed by atoms with van der Waals surface area (Å²) in [7, 11) is 0. The van der Waals surface area contributed by atoms with Gasteiger partial charge in [-0.2, -0.15) is 0 Å². The normalized spacial score (nSPS) is 14.1. The Morgan fingerprint density at radius 3 is 2.59 bits per heavy atom. The lowest BCUT2D eigenvalue weighted by atomic mass is 10.0. The van der Waals surface area contributed by atoms with Crippen LogP contribution < -0.4 is 11.1 Å². The number of aryl methyl sites for hydroxylation is 1. The van der Waals surface area contributed by atoms with Crippen LogP contribution in [-0.2, 0) is 4.79 Å². The molecule has 2 unspecified atom stereocenters. The van der Waals surface area contributed by atoms with E-state index >= 15 is 0 Å². The zero-order chi connectivity index (χ0) is 12.8. The topological polar surface area (TPSA) is 55.1 Å². The van der Waals surface area contributed by atoms with Gasteiger partial charge in [-0.1, -0.05) is 24.3 Å². The molecule has 0 saturated carbocycles. The van der Waals surface area contributed by atoms with Crippen LogP contribution in [0.3, 0.4) is 0 Å². The van der Waals surface area contributed by atoms with Crippen molar-refractivity contribution in [3.05, 3.63) is 35.4 Å². The Morgan fingerprint density at radius 2 is 2.00 bits per heavy atom. The maximum atomic E-state index is 11.7. The first-order chi connectivity index (χ1) is 8.00. The molecule has 3 heteroatoms. The van der Waals surface area contributed by atoms with Crippen molar-refractivity contribution in [2.24, 2.45) is 5.73 Å². The number of carbonyl (C=O) groups is 1. The summed E-state index contributed by atoms with van der Waals surface area (Å²) in [6.45, 7) is 5.98. The van der Waals surface area contributed by atoms with Gasteiger partial charge in [0.05, 0.1) is 6.04 Å². The molecule has 0 heterocycles. The Labute approximate surface area is 103 Å². The number of hydrogen-bond donors (Lipinski definition) is 2. The molecule has 0 fully saturated rings. The molecular formula is C14H22N2O. The molecule has 0 aliphatic heterocycles. The molecule has 0 radical (unpaired) electrons. The number of hydrogen-bond acceptors (Lipinski definition) is 2. The third kappa shape index (κ3) is 4.57. The van der Waals surface area contributed by atoms with Crippen LogP contribution in [0.2, 0.25) is 0 Å². The molecule has 0 spiro atoms. The van der Waals surface area contributed by atoms with E-state index in [1.54, 1.807) is 0 Å².